The molecule has 2 aromatic rings. The molecular weight excluding hydrogens is 310 g/mol. The van der Waals surface area contributed by atoms with Crippen molar-refractivity contribution in [2.75, 3.05) is 18.5 Å². The molecule has 0 bridgehead atoms. The summed E-state index contributed by atoms with van der Waals surface area (Å²) < 4.78 is 1.79. The number of aliphatic hydroxyl groups is 1. The average molecular weight is 329 g/mol. The first-order valence-corrected chi connectivity index (χ1v) is 8.77. The van der Waals surface area contributed by atoms with E-state index in [-0.39, 0.29) is 17.3 Å². The first-order valence-electron chi connectivity index (χ1n) is 7.79. The van der Waals surface area contributed by atoms with Crippen molar-refractivity contribution < 1.29 is 9.90 Å². The number of hydrogen-bond donors (Lipinski definition) is 2. The lowest BCUT2D eigenvalue weighted by Crippen LogP contribution is -2.27. The molecule has 0 aliphatic carbocycles. The molecule has 4 rings (SSSR count). The summed E-state index contributed by atoms with van der Waals surface area (Å²) >= 11 is 1.88. The Hall–Kier alpha value is -1.79. The minimum absolute atomic E-state index is 0.0279. The van der Waals surface area contributed by atoms with E-state index in [1.807, 2.05) is 23.9 Å². The number of aliphatic hydroxyl groups excluding tert-OH is 1. The number of nitrogens with one attached hydrogen (secondary N) is 1. The van der Waals surface area contributed by atoms with Gasteiger partial charge in [-0.25, -0.2) is 4.98 Å². The minimum Gasteiger partial charge on any atom is -0.395 e. The van der Waals surface area contributed by atoms with Crippen LogP contribution in [0.15, 0.2) is 18.3 Å². The maximum absolute atomic E-state index is 12.8. The second-order valence-corrected chi connectivity index (χ2v) is 8.27. The average Bonchev–Trinajstić information content (AvgIpc) is 3.07. The fourth-order valence-electron chi connectivity index (χ4n) is 3.37. The molecule has 120 valence electrons. The van der Waals surface area contributed by atoms with E-state index in [1.54, 1.807) is 10.8 Å². The molecule has 0 radical (unpaired) electrons. The molecule has 0 amide bonds. The smallest absolute Gasteiger partial charge is 0.264 e. The van der Waals surface area contributed by atoms with Gasteiger partial charge in [0.15, 0.2) is 0 Å². The SMILES string of the molecule is CC1(C)Cc2c(c(NCCO)nc3c2C(=O)n2cccc2-3)CS1. The quantitative estimate of drug-likeness (QED) is 0.773. The number of thioether (sulfide) groups is 1. The lowest BCUT2D eigenvalue weighted by Gasteiger charge is -2.32. The van der Waals surface area contributed by atoms with Crippen LogP contribution in [-0.4, -0.2) is 38.5 Å². The Labute approximate surface area is 139 Å². The topological polar surface area (TPSA) is 67.2 Å². The first-order chi connectivity index (χ1) is 11.0. The molecule has 0 spiro atoms. The van der Waals surface area contributed by atoms with Crippen molar-refractivity contribution >= 4 is 23.5 Å². The molecule has 2 aliphatic heterocycles. The molecule has 2 N–H and O–H groups in total. The zero-order valence-corrected chi connectivity index (χ0v) is 14.0. The van der Waals surface area contributed by atoms with Gasteiger partial charge in [0, 0.05) is 28.8 Å². The largest absolute Gasteiger partial charge is 0.395 e. The molecular formula is C17H19N3O2S. The fourth-order valence-corrected chi connectivity index (χ4v) is 4.47. The highest BCUT2D eigenvalue weighted by Gasteiger charge is 2.37. The molecule has 2 aromatic heterocycles. The van der Waals surface area contributed by atoms with E-state index in [1.165, 1.54) is 0 Å². The summed E-state index contributed by atoms with van der Waals surface area (Å²) in [5, 5.41) is 12.3. The molecule has 4 heterocycles. The number of hydrogen-bond acceptors (Lipinski definition) is 5. The zero-order valence-electron chi connectivity index (χ0n) is 13.2. The van der Waals surface area contributed by atoms with E-state index in [4.69, 9.17) is 10.1 Å². The monoisotopic (exact) mass is 329 g/mol. The van der Waals surface area contributed by atoms with Crippen molar-refractivity contribution in [3.05, 3.63) is 35.0 Å². The fraction of sp³-hybridized carbons (Fsp3) is 0.412. The molecule has 6 heteroatoms. The van der Waals surface area contributed by atoms with Gasteiger partial charge in [0.2, 0.25) is 0 Å². The van der Waals surface area contributed by atoms with E-state index >= 15 is 0 Å². The van der Waals surface area contributed by atoms with Crippen molar-refractivity contribution in [3.8, 4) is 11.4 Å². The van der Waals surface area contributed by atoms with Crippen LogP contribution in [0.3, 0.4) is 0 Å². The van der Waals surface area contributed by atoms with Gasteiger partial charge in [-0.2, -0.15) is 11.8 Å². The molecule has 2 aliphatic rings. The number of anilines is 1. The van der Waals surface area contributed by atoms with Crippen molar-refractivity contribution in [1.82, 2.24) is 9.55 Å². The van der Waals surface area contributed by atoms with Crippen molar-refractivity contribution in [1.29, 1.82) is 0 Å². The third-order valence-electron chi connectivity index (χ3n) is 4.45. The van der Waals surface area contributed by atoms with Crippen LogP contribution in [0.2, 0.25) is 0 Å². The summed E-state index contributed by atoms with van der Waals surface area (Å²) in [6.07, 6.45) is 2.65. The van der Waals surface area contributed by atoms with Crippen LogP contribution < -0.4 is 5.32 Å². The molecule has 0 saturated carbocycles. The molecule has 0 fully saturated rings. The normalized spacial score (nSPS) is 17.6. The highest BCUT2D eigenvalue weighted by Crippen LogP contribution is 2.45. The Bertz CT molecular complexity index is 810. The first kappa shape index (κ1) is 14.8. The molecule has 0 atom stereocenters. The molecule has 5 nitrogen and oxygen atoms in total. The summed E-state index contributed by atoms with van der Waals surface area (Å²) in [6.45, 7) is 4.95. The van der Waals surface area contributed by atoms with Crippen LogP contribution >= 0.6 is 11.8 Å². The van der Waals surface area contributed by atoms with Gasteiger partial charge in [-0.05, 0) is 24.1 Å². The summed E-state index contributed by atoms with van der Waals surface area (Å²) in [5.41, 5.74) is 4.62. The maximum Gasteiger partial charge on any atom is 0.264 e. The highest BCUT2D eigenvalue weighted by atomic mass is 32.2. The van der Waals surface area contributed by atoms with Gasteiger partial charge in [-0.3, -0.25) is 9.36 Å². The standard InChI is InChI=1S/C17H19N3O2S/c1-17(2)8-10-11(9-23-17)15(18-5-7-21)19-14-12-4-3-6-20(12)16(22)13(10)14/h3-4,6,21H,5,7-9H2,1-2H3,(H,18,19). The highest BCUT2D eigenvalue weighted by molar-refractivity contribution is 7.99. The van der Waals surface area contributed by atoms with Crippen LogP contribution in [0.25, 0.3) is 11.4 Å². The third kappa shape index (κ3) is 2.20. The second kappa shape index (κ2) is 5.11. The predicted molar refractivity (Wildman–Crippen MR) is 92.0 cm³/mol. The van der Waals surface area contributed by atoms with Crippen molar-refractivity contribution in [2.45, 2.75) is 30.8 Å². The van der Waals surface area contributed by atoms with Gasteiger partial charge >= 0.3 is 0 Å². The van der Waals surface area contributed by atoms with Crippen molar-refractivity contribution in [2.24, 2.45) is 0 Å². The second-order valence-electron chi connectivity index (χ2n) is 6.59. The Morgan fingerprint density at radius 1 is 1.43 bits per heavy atom. The maximum atomic E-state index is 12.8. The van der Waals surface area contributed by atoms with Gasteiger partial charge in [0.05, 0.1) is 17.9 Å². The predicted octanol–water partition coefficient (Wildman–Crippen LogP) is 2.52. The Kier molecular flexibility index (Phi) is 3.28. The van der Waals surface area contributed by atoms with E-state index in [0.717, 1.165) is 46.1 Å². The number of carbonyl (C=O) groups is 1. The van der Waals surface area contributed by atoms with Crippen LogP contribution in [-0.2, 0) is 12.2 Å². The van der Waals surface area contributed by atoms with Gasteiger partial charge in [0.1, 0.15) is 11.5 Å². The molecule has 0 aromatic carbocycles. The molecule has 0 unspecified atom stereocenters. The van der Waals surface area contributed by atoms with E-state index < -0.39 is 0 Å². The summed E-state index contributed by atoms with van der Waals surface area (Å²) in [5.74, 6) is 1.66. The number of aromatic nitrogens is 2. The number of fused-ring (bicyclic) bond motifs is 5. The van der Waals surface area contributed by atoms with Crippen LogP contribution in [0.1, 0.15) is 35.3 Å². The third-order valence-corrected chi connectivity index (χ3v) is 5.81. The number of pyridine rings is 1. The Morgan fingerprint density at radius 2 is 2.26 bits per heavy atom. The summed E-state index contributed by atoms with van der Waals surface area (Å²) in [4.78, 5) is 17.6. The van der Waals surface area contributed by atoms with Gasteiger partial charge < -0.3 is 10.4 Å². The van der Waals surface area contributed by atoms with E-state index in [9.17, 15) is 4.79 Å². The van der Waals surface area contributed by atoms with Crippen molar-refractivity contribution in [3.63, 3.8) is 0 Å². The van der Waals surface area contributed by atoms with Crippen LogP contribution in [0, 0.1) is 0 Å². The zero-order chi connectivity index (χ0) is 16.2. The lowest BCUT2D eigenvalue weighted by atomic mass is 9.92. The Balaban J connectivity index is 1.94. The van der Waals surface area contributed by atoms with Crippen LogP contribution in [0.5, 0.6) is 0 Å². The Morgan fingerprint density at radius 3 is 3.04 bits per heavy atom. The van der Waals surface area contributed by atoms with E-state index in [2.05, 4.69) is 19.2 Å². The van der Waals surface area contributed by atoms with Gasteiger partial charge in [-0.15, -0.1) is 0 Å². The van der Waals surface area contributed by atoms with Gasteiger partial charge in [0.25, 0.3) is 5.91 Å². The minimum atomic E-state index is 0.0279. The lowest BCUT2D eigenvalue weighted by molar-refractivity contribution is 0.0968. The number of carbonyl (C=O) groups excluding carboxylic acids is 1. The number of nitrogens with zero attached hydrogens (tertiary/aromatic N) is 2. The number of rotatable bonds is 3. The van der Waals surface area contributed by atoms with E-state index in [0.29, 0.717) is 6.54 Å². The summed E-state index contributed by atoms with van der Waals surface area (Å²) in [6, 6.07) is 3.81. The molecule has 23 heavy (non-hydrogen) atoms. The molecule has 0 saturated heterocycles. The van der Waals surface area contributed by atoms with Gasteiger partial charge in [-0.1, -0.05) is 13.8 Å². The van der Waals surface area contributed by atoms with Crippen LogP contribution in [0.4, 0.5) is 5.82 Å². The summed E-state index contributed by atoms with van der Waals surface area (Å²) in [7, 11) is 0.